The maximum absolute atomic E-state index is 13.5. The standard InChI is InChI=1S/C20H16F5N3O4S/c21-14-15(22)17(24)19(18(25)16(14)23)32-13(31)9-33-8-11(29)26-6-7-28-12(30)4-3-10-2-1-5-27-20(10)28/h1-2,5H,3-4,6-9H2,(H,26,29). The van der Waals surface area contributed by atoms with Gasteiger partial charge in [-0.25, -0.2) is 18.2 Å². The van der Waals surface area contributed by atoms with Crippen molar-refractivity contribution < 1.29 is 41.1 Å². The van der Waals surface area contributed by atoms with Crippen LogP contribution in [0.1, 0.15) is 12.0 Å². The van der Waals surface area contributed by atoms with E-state index in [1.807, 2.05) is 6.07 Å². The molecule has 2 amide bonds. The average Bonchev–Trinajstić information content (AvgIpc) is 2.80. The summed E-state index contributed by atoms with van der Waals surface area (Å²) in [4.78, 5) is 41.4. The lowest BCUT2D eigenvalue weighted by atomic mass is 10.1. The number of nitrogens with zero attached hydrogens (tertiary/aromatic N) is 2. The van der Waals surface area contributed by atoms with Gasteiger partial charge in [0, 0.05) is 25.7 Å². The minimum atomic E-state index is -2.37. The number of nitrogens with one attached hydrogen (secondary N) is 1. The number of ether oxygens (including phenoxy) is 1. The smallest absolute Gasteiger partial charge is 0.321 e. The highest BCUT2D eigenvalue weighted by Gasteiger charge is 2.28. The number of thioether (sulfide) groups is 1. The summed E-state index contributed by atoms with van der Waals surface area (Å²) in [7, 11) is 0. The van der Waals surface area contributed by atoms with Crippen LogP contribution in [0.5, 0.6) is 5.75 Å². The Morgan fingerprint density at radius 1 is 1.03 bits per heavy atom. The lowest BCUT2D eigenvalue weighted by molar-refractivity contribution is -0.131. The minimum absolute atomic E-state index is 0.107. The first-order chi connectivity index (χ1) is 15.7. The summed E-state index contributed by atoms with van der Waals surface area (Å²) in [6, 6.07) is 3.63. The van der Waals surface area contributed by atoms with Crippen molar-refractivity contribution in [3.05, 3.63) is 53.0 Å². The van der Waals surface area contributed by atoms with Crippen LogP contribution >= 0.6 is 11.8 Å². The van der Waals surface area contributed by atoms with Crippen LogP contribution in [-0.2, 0) is 20.8 Å². The molecule has 1 aromatic heterocycles. The van der Waals surface area contributed by atoms with Gasteiger partial charge in [0.1, 0.15) is 5.82 Å². The van der Waals surface area contributed by atoms with Gasteiger partial charge in [-0.1, -0.05) is 6.07 Å². The van der Waals surface area contributed by atoms with Gasteiger partial charge < -0.3 is 10.1 Å². The number of amides is 2. The number of rotatable bonds is 8. The van der Waals surface area contributed by atoms with E-state index in [9.17, 15) is 36.3 Å². The zero-order valence-corrected chi connectivity index (χ0v) is 17.6. The molecule has 176 valence electrons. The van der Waals surface area contributed by atoms with Gasteiger partial charge in [0.05, 0.1) is 11.5 Å². The Morgan fingerprint density at radius 2 is 1.70 bits per heavy atom. The average molecular weight is 489 g/mol. The van der Waals surface area contributed by atoms with Gasteiger partial charge >= 0.3 is 5.97 Å². The van der Waals surface area contributed by atoms with Crippen molar-refractivity contribution in [1.29, 1.82) is 0 Å². The van der Waals surface area contributed by atoms with Gasteiger partial charge in [-0.05, 0) is 18.1 Å². The summed E-state index contributed by atoms with van der Waals surface area (Å²) in [6.45, 7) is 0.289. The molecular formula is C20H16F5N3O4S. The zero-order chi connectivity index (χ0) is 24.1. The number of pyridine rings is 1. The van der Waals surface area contributed by atoms with Crippen LogP contribution in [0.2, 0.25) is 0 Å². The van der Waals surface area contributed by atoms with Crippen molar-refractivity contribution in [3.63, 3.8) is 0 Å². The topological polar surface area (TPSA) is 88.6 Å². The molecule has 0 saturated carbocycles. The summed E-state index contributed by atoms with van der Waals surface area (Å²) in [5, 5.41) is 2.55. The molecule has 7 nitrogen and oxygen atoms in total. The minimum Gasteiger partial charge on any atom is -0.419 e. The zero-order valence-electron chi connectivity index (χ0n) is 16.8. The second kappa shape index (κ2) is 10.6. The van der Waals surface area contributed by atoms with Crippen molar-refractivity contribution in [2.75, 3.05) is 29.5 Å². The summed E-state index contributed by atoms with van der Waals surface area (Å²) >= 11 is 0.701. The predicted molar refractivity (Wildman–Crippen MR) is 107 cm³/mol. The third-order valence-electron chi connectivity index (χ3n) is 4.53. The molecule has 0 radical (unpaired) electrons. The number of halogens is 5. The van der Waals surface area contributed by atoms with Gasteiger partial charge in [-0.15, -0.1) is 11.8 Å². The molecule has 0 fully saturated rings. The summed E-state index contributed by atoms with van der Waals surface area (Å²) in [6.07, 6.45) is 2.47. The van der Waals surface area contributed by atoms with E-state index in [0.29, 0.717) is 30.4 Å². The molecule has 1 N–H and O–H groups in total. The first kappa shape index (κ1) is 24.4. The highest BCUT2D eigenvalue weighted by Crippen LogP contribution is 2.29. The fourth-order valence-electron chi connectivity index (χ4n) is 3.00. The fourth-order valence-corrected chi connectivity index (χ4v) is 3.61. The molecule has 33 heavy (non-hydrogen) atoms. The molecule has 0 aliphatic carbocycles. The van der Waals surface area contributed by atoms with E-state index < -0.39 is 52.5 Å². The van der Waals surface area contributed by atoms with Gasteiger partial charge in [-0.3, -0.25) is 19.3 Å². The summed E-state index contributed by atoms with van der Waals surface area (Å²) in [5.74, 6) is -15.4. The SMILES string of the molecule is O=C(CSCC(=O)Oc1c(F)c(F)c(F)c(F)c1F)NCCN1C(=O)CCc2cccnc21. The van der Waals surface area contributed by atoms with Crippen LogP contribution in [0.25, 0.3) is 0 Å². The van der Waals surface area contributed by atoms with E-state index >= 15 is 0 Å². The number of hydrogen-bond donors (Lipinski definition) is 1. The molecule has 0 saturated heterocycles. The molecule has 2 aromatic rings. The number of benzene rings is 1. The van der Waals surface area contributed by atoms with Crippen LogP contribution in [0.4, 0.5) is 27.8 Å². The molecular weight excluding hydrogens is 473 g/mol. The van der Waals surface area contributed by atoms with E-state index in [1.54, 1.807) is 12.3 Å². The number of carbonyl (C=O) groups is 3. The van der Waals surface area contributed by atoms with E-state index in [1.165, 1.54) is 4.90 Å². The Kier molecular flexibility index (Phi) is 7.84. The first-order valence-electron chi connectivity index (χ1n) is 9.51. The van der Waals surface area contributed by atoms with E-state index in [0.717, 1.165) is 5.56 Å². The van der Waals surface area contributed by atoms with Gasteiger partial charge in [0.15, 0.2) is 0 Å². The molecule has 1 aliphatic heterocycles. The van der Waals surface area contributed by atoms with E-state index in [-0.39, 0.29) is 24.7 Å². The molecule has 0 atom stereocenters. The van der Waals surface area contributed by atoms with Crippen LogP contribution in [0.3, 0.4) is 0 Å². The highest BCUT2D eigenvalue weighted by atomic mass is 32.2. The number of aryl methyl sites for hydroxylation is 1. The van der Waals surface area contributed by atoms with Gasteiger partial charge in [0.25, 0.3) is 0 Å². The fraction of sp³-hybridized carbons (Fsp3) is 0.300. The quantitative estimate of drug-likeness (QED) is 0.202. The lowest BCUT2D eigenvalue weighted by Gasteiger charge is -2.28. The van der Waals surface area contributed by atoms with Crippen molar-refractivity contribution in [2.45, 2.75) is 12.8 Å². The van der Waals surface area contributed by atoms with Crippen molar-refractivity contribution >= 4 is 35.4 Å². The molecule has 1 aromatic carbocycles. The summed E-state index contributed by atoms with van der Waals surface area (Å²) in [5.41, 5.74) is 0.922. The highest BCUT2D eigenvalue weighted by molar-refractivity contribution is 8.00. The van der Waals surface area contributed by atoms with Crippen molar-refractivity contribution in [3.8, 4) is 5.75 Å². The van der Waals surface area contributed by atoms with Crippen molar-refractivity contribution in [1.82, 2.24) is 10.3 Å². The monoisotopic (exact) mass is 489 g/mol. The molecule has 0 bridgehead atoms. The Morgan fingerprint density at radius 3 is 2.39 bits per heavy atom. The lowest BCUT2D eigenvalue weighted by Crippen LogP contribution is -2.42. The second-order valence-electron chi connectivity index (χ2n) is 6.75. The maximum Gasteiger partial charge on any atom is 0.321 e. The first-order valence-corrected chi connectivity index (χ1v) is 10.7. The molecule has 2 heterocycles. The Balaban J connectivity index is 1.43. The third kappa shape index (κ3) is 5.59. The van der Waals surface area contributed by atoms with Crippen LogP contribution < -0.4 is 15.0 Å². The molecule has 0 unspecified atom stereocenters. The van der Waals surface area contributed by atoms with Gasteiger partial charge in [-0.2, -0.15) is 8.78 Å². The molecule has 13 heteroatoms. The molecule has 1 aliphatic rings. The van der Waals surface area contributed by atoms with E-state index in [2.05, 4.69) is 15.0 Å². The maximum atomic E-state index is 13.5. The number of aromatic nitrogens is 1. The number of carbonyl (C=O) groups excluding carboxylic acids is 3. The Hall–Kier alpha value is -3.22. The normalized spacial score (nSPS) is 13.0. The van der Waals surface area contributed by atoms with Gasteiger partial charge in [0.2, 0.25) is 46.6 Å². The van der Waals surface area contributed by atoms with Crippen LogP contribution in [-0.4, -0.2) is 47.4 Å². The van der Waals surface area contributed by atoms with E-state index in [4.69, 9.17) is 0 Å². The molecule has 3 rings (SSSR count). The predicted octanol–water partition coefficient (Wildman–Crippen LogP) is 2.51. The number of esters is 1. The third-order valence-corrected chi connectivity index (χ3v) is 5.43. The second-order valence-corrected chi connectivity index (χ2v) is 7.73. The number of hydrogen-bond acceptors (Lipinski definition) is 6. The largest absolute Gasteiger partial charge is 0.419 e. The Bertz CT molecular complexity index is 1070. The Labute approximate surface area is 188 Å². The number of fused-ring (bicyclic) bond motifs is 1. The van der Waals surface area contributed by atoms with Crippen LogP contribution in [0, 0.1) is 29.1 Å². The van der Waals surface area contributed by atoms with Crippen molar-refractivity contribution in [2.24, 2.45) is 0 Å². The van der Waals surface area contributed by atoms with Crippen LogP contribution in [0.15, 0.2) is 18.3 Å². The molecule has 0 spiro atoms. The number of anilines is 1. The summed E-state index contributed by atoms with van der Waals surface area (Å²) < 4.78 is 70.6.